The van der Waals surface area contributed by atoms with Crippen LogP contribution in [0.3, 0.4) is 0 Å². The van der Waals surface area contributed by atoms with Crippen LogP contribution in [0.15, 0.2) is 42.7 Å². The monoisotopic (exact) mass is 363 g/mol. The van der Waals surface area contributed by atoms with Crippen molar-refractivity contribution in [2.24, 2.45) is 0 Å². The molecule has 3 aromatic rings. The molecule has 1 heterocycles. The van der Waals surface area contributed by atoms with Gasteiger partial charge in [-0.15, -0.1) is 0 Å². The van der Waals surface area contributed by atoms with E-state index in [1.165, 1.54) is 6.33 Å². The third-order valence-electron chi connectivity index (χ3n) is 4.42. The van der Waals surface area contributed by atoms with Crippen molar-refractivity contribution in [2.45, 2.75) is 27.7 Å². The predicted octanol–water partition coefficient (Wildman–Crippen LogP) is 5.11. The van der Waals surface area contributed by atoms with Crippen molar-refractivity contribution in [3.63, 3.8) is 0 Å². The smallest absolute Gasteiger partial charge is 0.334 e. The van der Waals surface area contributed by atoms with Gasteiger partial charge in [0.25, 0.3) is 0 Å². The maximum Gasteiger partial charge on any atom is 0.353 e. The number of hydrogen-bond acceptors (Lipinski definition) is 6. The summed E-state index contributed by atoms with van der Waals surface area (Å²) in [6.07, 6.45) is 1.31. The second-order valence-electron chi connectivity index (χ2n) is 6.54. The number of hydrogen-bond donors (Lipinski definition) is 2. The average Bonchev–Trinajstić information content (AvgIpc) is 2.61. The highest BCUT2D eigenvalue weighted by Crippen LogP contribution is 2.34. The van der Waals surface area contributed by atoms with Gasteiger partial charge in [-0.1, -0.05) is 18.2 Å². The van der Waals surface area contributed by atoms with E-state index in [1.54, 1.807) is 0 Å². The molecule has 2 N–H and O–H groups in total. The first-order chi connectivity index (χ1) is 12.8. The van der Waals surface area contributed by atoms with Crippen LogP contribution in [0.5, 0.6) is 0 Å². The molecule has 0 atom stereocenters. The van der Waals surface area contributed by atoms with Crippen molar-refractivity contribution in [2.75, 3.05) is 10.6 Å². The number of nitrogens with one attached hydrogen (secondary N) is 2. The predicted molar refractivity (Wildman–Crippen MR) is 107 cm³/mol. The molecule has 1 aromatic heterocycles. The number of aromatic nitrogens is 2. The summed E-state index contributed by atoms with van der Waals surface area (Å²) in [5, 5.41) is 17.9. The minimum absolute atomic E-state index is 0.144. The number of aryl methyl sites for hydroxylation is 4. The summed E-state index contributed by atoms with van der Waals surface area (Å²) < 4.78 is 0. The zero-order valence-corrected chi connectivity index (χ0v) is 15.7. The lowest BCUT2D eigenvalue weighted by molar-refractivity contribution is -0.383. The molecule has 0 aliphatic carbocycles. The van der Waals surface area contributed by atoms with Crippen LogP contribution in [0.2, 0.25) is 0 Å². The summed E-state index contributed by atoms with van der Waals surface area (Å²) in [5.41, 5.74) is 5.56. The molecule has 0 saturated heterocycles. The van der Waals surface area contributed by atoms with Gasteiger partial charge < -0.3 is 10.6 Å². The number of benzene rings is 2. The molecular weight excluding hydrogens is 342 g/mol. The standard InChI is InChI=1S/C20H21N5O2/c1-12-5-6-14(3)17(9-12)24-20-18(25(26)27)19(21-11-22-20)23-16-8-7-13(2)15(4)10-16/h5-11H,1-4H3,(H2,21,22,23,24). The Morgan fingerprint density at radius 2 is 1.52 bits per heavy atom. The summed E-state index contributed by atoms with van der Waals surface area (Å²) in [6.45, 7) is 7.90. The maximum absolute atomic E-state index is 11.7. The summed E-state index contributed by atoms with van der Waals surface area (Å²) >= 11 is 0. The van der Waals surface area contributed by atoms with Gasteiger partial charge in [-0.05, 0) is 68.1 Å². The summed E-state index contributed by atoms with van der Waals surface area (Å²) in [5.74, 6) is 0.293. The lowest BCUT2D eigenvalue weighted by atomic mass is 10.1. The van der Waals surface area contributed by atoms with Gasteiger partial charge in [0, 0.05) is 11.4 Å². The first kappa shape index (κ1) is 18.3. The molecule has 138 valence electrons. The van der Waals surface area contributed by atoms with Crippen LogP contribution in [0, 0.1) is 37.8 Å². The van der Waals surface area contributed by atoms with Crippen LogP contribution < -0.4 is 10.6 Å². The van der Waals surface area contributed by atoms with Crippen molar-refractivity contribution < 1.29 is 4.92 Å². The number of rotatable bonds is 5. The zero-order chi connectivity index (χ0) is 19.6. The fraction of sp³-hybridized carbons (Fsp3) is 0.200. The molecule has 3 rings (SSSR count). The lowest BCUT2D eigenvalue weighted by Crippen LogP contribution is -2.06. The van der Waals surface area contributed by atoms with Gasteiger partial charge in [-0.2, -0.15) is 0 Å². The van der Waals surface area contributed by atoms with Crippen molar-refractivity contribution in [3.8, 4) is 0 Å². The van der Waals surface area contributed by atoms with Crippen LogP contribution in [0.25, 0.3) is 0 Å². The van der Waals surface area contributed by atoms with E-state index in [0.717, 1.165) is 33.6 Å². The maximum atomic E-state index is 11.7. The average molecular weight is 363 g/mol. The lowest BCUT2D eigenvalue weighted by Gasteiger charge is -2.12. The third-order valence-corrected chi connectivity index (χ3v) is 4.42. The van der Waals surface area contributed by atoms with Gasteiger partial charge in [0.15, 0.2) is 0 Å². The summed E-state index contributed by atoms with van der Waals surface area (Å²) in [7, 11) is 0. The Morgan fingerprint density at radius 3 is 2.19 bits per heavy atom. The van der Waals surface area contributed by atoms with Crippen molar-refractivity contribution in [3.05, 3.63) is 75.1 Å². The highest BCUT2D eigenvalue weighted by Gasteiger charge is 2.23. The number of nitrogens with zero attached hydrogens (tertiary/aromatic N) is 3. The van der Waals surface area contributed by atoms with Crippen LogP contribution in [-0.2, 0) is 0 Å². The first-order valence-corrected chi connectivity index (χ1v) is 8.53. The van der Waals surface area contributed by atoms with Crippen LogP contribution in [0.1, 0.15) is 22.3 Å². The fourth-order valence-electron chi connectivity index (χ4n) is 2.69. The van der Waals surface area contributed by atoms with E-state index in [9.17, 15) is 10.1 Å². The Labute approximate surface area is 157 Å². The Bertz CT molecular complexity index is 1020. The van der Waals surface area contributed by atoms with Gasteiger partial charge in [-0.3, -0.25) is 10.1 Å². The molecule has 0 fully saturated rings. The highest BCUT2D eigenvalue weighted by molar-refractivity contribution is 5.77. The fourth-order valence-corrected chi connectivity index (χ4v) is 2.69. The molecule has 7 nitrogen and oxygen atoms in total. The Kier molecular flexibility index (Phi) is 5.03. The van der Waals surface area contributed by atoms with Crippen LogP contribution in [-0.4, -0.2) is 14.9 Å². The molecule has 0 unspecified atom stereocenters. The second-order valence-corrected chi connectivity index (χ2v) is 6.54. The number of nitro groups is 1. The van der Waals surface area contributed by atoms with Crippen LogP contribution >= 0.6 is 0 Å². The third kappa shape index (κ3) is 4.03. The van der Waals surface area contributed by atoms with E-state index in [0.29, 0.717) is 0 Å². The number of anilines is 4. The van der Waals surface area contributed by atoms with Gasteiger partial charge >= 0.3 is 5.69 Å². The molecule has 27 heavy (non-hydrogen) atoms. The zero-order valence-electron chi connectivity index (χ0n) is 15.7. The van der Waals surface area contributed by atoms with E-state index in [2.05, 4.69) is 20.6 Å². The molecule has 0 spiro atoms. The highest BCUT2D eigenvalue weighted by atomic mass is 16.6. The van der Waals surface area contributed by atoms with E-state index in [4.69, 9.17) is 0 Å². The molecule has 0 saturated carbocycles. The molecular formula is C20H21N5O2. The van der Waals surface area contributed by atoms with E-state index in [-0.39, 0.29) is 17.3 Å². The minimum atomic E-state index is -0.475. The molecule has 0 aliphatic rings. The molecule has 0 radical (unpaired) electrons. The molecule has 0 amide bonds. The van der Waals surface area contributed by atoms with Crippen LogP contribution in [0.4, 0.5) is 28.7 Å². The molecule has 0 bridgehead atoms. The normalized spacial score (nSPS) is 10.5. The Hall–Kier alpha value is -3.48. The van der Waals surface area contributed by atoms with E-state index >= 15 is 0 Å². The molecule has 0 aliphatic heterocycles. The Morgan fingerprint density at radius 1 is 0.852 bits per heavy atom. The minimum Gasteiger partial charge on any atom is -0.334 e. The van der Waals surface area contributed by atoms with E-state index in [1.807, 2.05) is 64.1 Å². The van der Waals surface area contributed by atoms with Gasteiger partial charge in [-0.25, -0.2) is 9.97 Å². The summed E-state index contributed by atoms with van der Waals surface area (Å²) in [4.78, 5) is 19.4. The van der Waals surface area contributed by atoms with Crippen molar-refractivity contribution >= 4 is 28.7 Å². The van der Waals surface area contributed by atoms with E-state index < -0.39 is 4.92 Å². The molecule has 7 heteroatoms. The first-order valence-electron chi connectivity index (χ1n) is 8.53. The molecule has 2 aromatic carbocycles. The van der Waals surface area contributed by atoms with Gasteiger partial charge in [0.2, 0.25) is 11.6 Å². The largest absolute Gasteiger partial charge is 0.353 e. The van der Waals surface area contributed by atoms with Gasteiger partial charge in [0.1, 0.15) is 6.33 Å². The summed E-state index contributed by atoms with van der Waals surface area (Å²) in [6, 6.07) is 11.6. The van der Waals surface area contributed by atoms with Crippen molar-refractivity contribution in [1.82, 2.24) is 9.97 Å². The topological polar surface area (TPSA) is 93.0 Å². The second kappa shape index (κ2) is 7.41. The van der Waals surface area contributed by atoms with Crippen molar-refractivity contribution in [1.29, 1.82) is 0 Å². The van der Waals surface area contributed by atoms with Gasteiger partial charge in [0.05, 0.1) is 4.92 Å². The quantitative estimate of drug-likeness (QED) is 0.483. The SMILES string of the molecule is Cc1ccc(C)c(Nc2ncnc(Nc3ccc(C)c(C)c3)c2[N+](=O)[O-])c1. The Balaban J connectivity index is 2.00.